The average Bonchev–Trinajstić information content (AvgIpc) is 3.12. The van der Waals surface area contributed by atoms with E-state index in [-0.39, 0.29) is 29.4 Å². The van der Waals surface area contributed by atoms with Crippen molar-refractivity contribution in [3.63, 3.8) is 0 Å². The Balaban J connectivity index is 1.95. The highest BCUT2D eigenvalue weighted by molar-refractivity contribution is 6.09. The molecule has 0 atom stereocenters. The molecule has 0 spiro atoms. The molecule has 0 saturated carbocycles. The van der Waals surface area contributed by atoms with Gasteiger partial charge in [-0.25, -0.2) is 0 Å². The Hall–Kier alpha value is -3.55. The molecule has 1 aliphatic heterocycles. The van der Waals surface area contributed by atoms with E-state index in [1.54, 1.807) is 18.2 Å². The number of ketones is 1. The Morgan fingerprint density at radius 2 is 1.88 bits per heavy atom. The summed E-state index contributed by atoms with van der Waals surface area (Å²) in [4.78, 5) is 23.3. The van der Waals surface area contributed by atoms with Gasteiger partial charge in [0, 0.05) is 0 Å². The van der Waals surface area contributed by atoms with E-state index in [2.05, 4.69) is 0 Å². The van der Waals surface area contributed by atoms with Crippen molar-refractivity contribution < 1.29 is 28.7 Å². The van der Waals surface area contributed by atoms with Gasteiger partial charge in [0.25, 0.3) is 5.69 Å². The second-order valence-corrected chi connectivity index (χ2v) is 5.29. The fraction of sp³-hybridized carbons (Fsp3) is 0.167. The summed E-state index contributed by atoms with van der Waals surface area (Å²) in [6, 6.07) is 7.57. The molecule has 0 radical (unpaired) electrons. The maximum Gasteiger partial charge on any atom is 0.280 e. The molecule has 26 heavy (non-hydrogen) atoms. The zero-order valence-corrected chi connectivity index (χ0v) is 14.1. The summed E-state index contributed by atoms with van der Waals surface area (Å²) in [6.07, 6.45) is 2.60. The fourth-order valence-electron chi connectivity index (χ4n) is 2.50. The molecule has 0 unspecified atom stereocenters. The Bertz CT molecular complexity index is 905. The van der Waals surface area contributed by atoms with Crippen molar-refractivity contribution in [3.05, 3.63) is 57.6 Å². The molecule has 0 bridgehead atoms. The average molecular weight is 357 g/mol. The molecule has 1 aliphatic rings. The molecule has 0 aliphatic carbocycles. The third-order valence-electron chi connectivity index (χ3n) is 3.80. The number of allylic oxidation sites excluding steroid dienone is 1. The van der Waals surface area contributed by atoms with Gasteiger partial charge in [-0.3, -0.25) is 14.9 Å². The number of methoxy groups -OCH3 is 2. The molecule has 0 aromatic heterocycles. The minimum atomic E-state index is -0.543. The third-order valence-corrected chi connectivity index (χ3v) is 3.80. The first-order valence-corrected chi connectivity index (χ1v) is 7.56. The van der Waals surface area contributed by atoms with Crippen LogP contribution in [0.15, 0.2) is 36.4 Å². The van der Waals surface area contributed by atoms with E-state index in [0.29, 0.717) is 23.0 Å². The van der Waals surface area contributed by atoms with Crippen LogP contribution in [0.5, 0.6) is 23.0 Å². The molecule has 8 nitrogen and oxygen atoms in total. The first-order chi connectivity index (χ1) is 12.5. The van der Waals surface area contributed by atoms with Crippen LogP contribution in [0.1, 0.15) is 15.9 Å². The van der Waals surface area contributed by atoms with Crippen molar-refractivity contribution in [3.8, 4) is 23.0 Å². The highest BCUT2D eigenvalue weighted by atomic mass is 16.7. The van der Waals surface area contributed by atoms with Gasteiger partial charge in [0.15, 0.2) is 17.3 Å². The second kappa shape index (κ2) is 7.14. The molecule has 0 saturated heterocycles. The number of nitro groups is 1. The summed E-state index contributed by atoms with van der Waals surface area (Å²) >= 11 is 0. The number of ether oxygens (including phenoxy) is 4. The standard InChI is InChI=1S/C18H15NO7/c1-23-12-4-6-16(24-2)13(8-12)15(20)5-3-11-7-17-18(26-10-25-17)9-14(11)19(21)22/h3-9H,10H2,1-2H3/b5-3+. The van der Waals surface area contributed by atoms with Crippen molar-refractivity contribution in [2.75, 3.05) is 21.0 Å². The predicted molar refractivity (Wildman–Crippen MR) is 92.1 cm³/mol. The quantitative estimate of drug-likeness (QED) is 0.339. The fourth-order valence-corrected chi connectivity index (χ4v) is 2.50. The first kappa shape index (κ1) is 17.3. The SMILES string of the molecule is COc1ccc(OC)c(C(=O)/C=C/c2cc3c(cc2[N+](=O)[O-])OCO3)c1. The highest BCUT2D eigenvalue weighted by Crippen LogP contribution is 2.38. The van der Waals surface area contributed by atoms with Crippen LogP contribution in [0.3, 0.4) is 0 Å². The smallest absolute Gasteiger partial charge is 0.280 e. The van der Waals surface area contributed by atoms with Crippen LogP contribution in [-0.2, 0) is 0 Å². The van der Waals surface area contributed by atoms with Crippen molar-refractivity contribution in [1.82, 2.24) is 0 Å². The van der Waals surface area contributed by atoms with E-state index in [0.717, 1.165) is 0 Å². The lowest BCUT2D eigenvalue weighted by Gasteiger charge is -2.08. The molecule has 0 fully saturated rings. The van der Waals surface area contributed by atoms with Gasteiger partial charge in [0.05, 0.1) is 36.3 Å². The van der Waals surface area contributed by atoms with Gasteiger partial charge in [-0.15, -0.1) is 0 Å². The number of nitro benzene ring substituents is 1. The largest absolute Gasteiger partial charge is 0.497 e. The number of hydrogen-bond donors (Lipinski definition) is 0. The molecular formula is C18H15NO7. The highest BCUT2D eigenvalue weighted by Gasteiger charge is 2.22. The van der Waals surface area contributed by atoms with Gasteiger partial charge < -0.3 is 18.9 Å². The van der Waals surface area contributed by atoms with Crippen molar-refractivity contribution in [2.45, 2.75) is 0 Å². The van der Waals surface area contributed by atoms with E-state index < -0.39 is 4.92 Å². The summed E-state index contributed by atoms with van der Waals surface area (Å²) in [6.45, 7) is -0.000402. The molecule has 0 N–H and O–H groups in total. The van der Waals surface area contributed by atoms with Crippen LogP contribution in [0.4, 0.5) is 5.69 Å². The minimum Gasteiger partial charge on any atom is -0.497 e. The topological polar surface area (TPSA) is 97.1 Å². The lowest BCUT2D eigenvalue weighted by atomic mass is 10.1. The number of hydrogen-bond acceptors (Lipinski definition) is 7. The van der Waals surface area contributed by atoms with Crippen LogP contribution >= 0.6 is 0 Å². The molecular weight excluding hydrogens is 342 g/mol. The van der Waals surface area contributed by atoms with Gasteiger partial charge in [0.1, 0.15) is 11.5 Å². The Kier molecular flexibility index (Phi) is 4.74. The molecule has 1 heterocycles. The van der Waals surface area contributed by atoms with Gasteiger partial charge in [-0.05, 0) is 36.4 Å². The molecule has 2 aromatic rings. The number of benzene rings is 2. The summed E-state index contributed by atoms with van der Waals surface area (Å²) < 4.78 is 20.7. The van der Waals surface area contributed by atoms with E-state index >= 15 is 0 Å². The van der Waals surface area contributed by atoms with Crippen LogP contribution in [0.25, 0.3) is 6.08 Å². The van der Waals surface area contributed by atoms with E-state index in [9.17, 15) is 14.9 Å². The summed E-state index contributed by atoms with van der Waals surface area (Å²) in [5, 5.41) is 11.3. The maximum atomic E-state index is 12.5. The number of fused-ring (bicyclic) bond motifs is 1. The predicted octanol–water partition coefficient (Wildman–Crippen LogP) is 3.24. The van der Waals surface area contributed by atoms with Gasteiger partial charge in [-0.2, -0.15) is 0 Å². The maximum absolute atomic E-state index is 12.5. The molecule has 2 aromatic carbocycles. The van der Waals surface area contributed by atoms with Crippen LogP contribution in [0, 0.1) is 10.1 Å². The third kappa shape index (κ3) is 3.30. The van der Waals surface area contributed by atoms with Crippen LogP contribution in [-0.4, -0.2) is 31.7 Å². The summed E-state index contributed by atoms with van der Waals surface area (Å²) in [5.74, 6) is 1.18. The van der Waals surface area contributed by atoms with Gasteiger partial charge in [-0.1, -0.05) is 0 Å². The van der Waals surface area contributed by atoms with Crippen LogP contribution in [0.2, 0.25) is 0 Å². The lowest BCUT2D eigenvalue weighted by molar-refractivity contribution is -0.385. The number of rotatable bonds is 6. The zero-order chi connectivity index (χ0) is 18.7. The first-order valence-electron chi connectivity index (χ1n) is 7.56. The number of nitrogens with zero attached hydrogens (tertiary/aromatic N) is 1. The molecule has 134 valence electrons. The summed E-state index contributed by atoms with van der Waals surface area (Å²) in [5.41, 5.74) is 0.330. The van der Waals surface area contributed by atoms with Gasteiger partial charge in [0.2, 0.25) is 6.79 Å². The van der Waals surface area contributed by atoms with E-state index in [4.69, 9.17) is 18.9 Å². The monoisotopic (exact) mass is 357 g/mol. The normalized spacial score (nSPS) is 12.2. The zero-order valence-electron chi connectivity index (χ0n) is 14.1. The van der Waals surface area contributed by atoms with Gasteiger partial charge >= 0.3 is 0 Å². The minimum absolute atomic E-state index is 0.000402. The van der Waals surface area contributed by atoms with E-state index in [1.807, 2.05) is 0 Å². The number of carbonyl (C=O) groups excluding carboxylic acids is 1. The second-order valence-electron chi connectivity index (χ2n) is 5.29. The Morgan fingerprint density at radius 1 is 1.15 bits per heavy atom. The van der Waals surface area contributed by atoms with Crippen molar-refractivity contribution in [2.24, 2.45) is 0 Å². The Morgan fingerprint density at radius 3 is 2.54 bits per heavy atom. The van der Waals surface area contributed by atoms with Crippen molar-refractivity contribution >= 4 is 17.5 Å². The lowest BCUT2D eigenvalue weighted by Crippen LogP contribution is -2.00. The van der Waals surface area contributed by atoms with Crippen LogP contribution < -0.4 is 18.9 Å². The number of carbonyl (C=O) groups is 1. The summed E-state index contributed by atoms with van der Waals surface area (Å²) in [7, 11) is 2.94. The molecule has 3 rings (SSSR count). The molecule has 8 heteroatoms. The Labute approximate surface area is 148 Å². The van der Waals surface area contributed by atoms with E-state index in [1.165, 1.54) is 38.5 Å². The van der Waals surface area contributed by atoms with Crippen molar-refractivity contribution in [1.29, 1.82) is 0 Å². The molecule has 0 amide bonds.